The maximum atomic E-state index is 13.0. The van der Waals surface area contributed by atoms with E-state index in [1.165, 1.54) is 0 Å². The molecule has 0 aromatic carbocycles. The largest absolute Gasteiger partial charge is 0.337 e. The van der Waals surface area contributed by atoms with Gasteiger partial charge in [0.1, 0.15) is 5.69 Å². The molecule has 1 saturated heterocycles. The molecule has 1 aliphatic heterocycles. The summed E-state index contributed by atoms with van der Waals surface area (Å²) in [6, 6.07) is 3.96. The number of piperidine rings is 1. The van der Waals surface area contributed by atoms with E-state index in [2.05, 4.69) is 29.1 Å². The molecule has 2 aromatic heterocycles. The highest BCUT2D eigenvalue weighted by Gasteiger charge is 2.28. The van der Waals surface area contributed by atoms with E-state index in [-0.39, 0.29) is 5.91 Å². The third-order valence-corrected chi connectivity index (χ3v) is 4.58. The minimum absolute atomic E-state index is 0.0930. The van der Waals surface area contributed by atoms with E-state index in [1.54, 1.807) is 6.20 Å². The summed E-state index contributed by atoms with van der Waals surface area (Å²) < 4.78 is 1.83. The lowest BCUT2D eigenvalue weighted by atomic mass is 9.94. The molecule has 1 amide bonds. The number of carbonyl (C=O) groups excluding carboxylic acids is 1. The first-order valence-corrected chi connectivity index (χ1v) is 8.46. The zero-order chi connectivity index (χ0) is 16.4. The number of nitrogens with one attached hydrogen (secondary N) is 1. The van der Waals surface area contributed by atoms with E-state index < -0.39 is 0 Å². The predicted octanol–water partition coefficient (Wildman–Crippen LogP) is 2.77. The molecule has 0 saturated carbocycles. The van der Waals surface area contributed by atoms with E-state index in [1.807, 2.05) is 28.6 Å². The standard InChI is InChI=1S/C17H25N5O/c1-4-22-16(10-15(20-22)12(2)3)17(23)21-9-5-6-13(11-21)14-7-8-18-19-14/h7-8,10,12-13H,4-6,9,11H2,1-3H3,(H,18,19)/t13-/m0/s1. The Hall–Kier alpha value is -2.11. The Morgan fingerprint density at radius 3 is 2.96 bits per heavy atom. The SMILES string of the molecule is CCn1nc(C(C)C)cc1C(=O)N1CCC[C@H](c2ccn[nH]2)C1. The maximum Gasteiger partial charge on any atom is 0.272 e. The van der Waals surface area contributed by atoms with Crippen LogP contribution in [0.5, 0.6) is 0 Å². The van der Waals surface area contributed by atoms with Gasteiger partial charge in [-0.2, -0.15) is 10.2 Å². The molecule has 124 valence electrons. The molecular weight excluding hydrogens is 290 g/mol. The van der Waals surface area contributed by atoms with E-state index in [0.29, 0.717) is 24.1 Å². The van der Waals surface area contributed by atoms with Crippen LogP contribution in [-0.2, 0) is 6.54 Å². The summed E-state index contributed by atoms with van der Waals surface area (Å²) >= 11 is 0. The third kappa shape index (κ3) is 3.16. The zero-order valence-electron chi connectivity index (χ0n) is 14.1. The lowest BCUT2D eigenvalue weighted by molar-refractivity contribution is 0.0693. The van der Waals surface area contributed by atoms with Gasteiger partial charge in [0.15, 0.2) is 0 Å². The molecule has 3 rings (SSSR count). The van der Waals surface area contributed by atoms with Crippen LogP contribution < -0.4 is 0 Å². The van der Waals surface area contributed by atoms with Crippen molar-refractivity contribution in [2.24, 2.45) is 0 Å². The summed E-state index contributed by atoms with van der Waals surface area (Å²) in [4.78, 5) is 14.9. The Kier molecular flexibility index (Phi) is 4.50. The van der Waals surface area contributed by atoms with Crippen LogP contribution in [0.1, 0.15) is 67.3 Å². The van der Waals surface area contributed by atoms with Crippen LogP contribution in [0, 0.1) is 0 Å². The molecule has 0 spiro atoms. The molecule has 1 N–H and O–H groups in total. The maximum absolute atomic E-state index is 13.0. The monoisotopic (exact) mass is 315 g/mol. The highest BCUT2D eigenvalue weighted by Crippen LogP contribution is 2.26. The van der Waals surface area contributed by atoms with Gasteiger partial charge in [-0.1, -0.05) is 13.8 Å². The molecule has 23 heavy (non-hydrogen) atoms. The first kappa shape index (κ1) is 15.8. The molecule has 6 nitrogen and oxygen atoms in total. The van der Waals surface area contributed by atoms with Crippen molar-refractivity contribution in [3.05, 3.63) is 35.4 Å². The third-order valence-electron chi connectivity index (χ3n) is 4.58. The van der Waals surface area contributed by atoms with Gasteiger partial charge in [-0.15, -0.1) is 0 Å². The van der Waals surface area contributed by atoms with Gasteiger partial charge in [0, 0.05) is 37.4 Å². The second-order valence-corrected chi connectivity index (χ2v) is 6.53. The number of amides is 1. The fraction of sp³-hybridized carbons (Fsp3) is 0.588. The van der Waals surface area contributed by atoms with Crippen molar-refractivity contribution >= 4 is 5.91 Å². The van der Waals surface area contributed by atoms with Crippen molar-refractivity contribution < 1.29 is 4.79 Å². The van der Waals surface area contributed by atoms with Crippen LogP contribution in [0.15, 0.2) is 18.3 Å². The quantitative estimate of drug-likeness (QED) is 0.943. The molecule has 1 aliphatic rings. The lowest BCUT2D eigenvalue weighted by Gasteiger charge is -2.32. The fourth-order valence-electron chi connectivity index (χ4n) is 3.20. The molecule has 3 heterocycles. The Labute approximate surface area is 136 Å². The zero-order valence-corrected chi connectivity index (χ0v) is 14.1. The second-order valence-electron chi connectivity index (χ2n) is 6.53. The van der Waals surface area contributed by atoms with Crippen LogP contribution >= 0.6 is 0 Å². The number of hydrogen-bond donors (Lipinski definition) is 1. The van der Waals surface area contributed by atoms with Gasteiger partial charge in [-0.25, -0.2) is 0 Å². The van der Waals surface area contributed by atoms with Gasteiger partial charge < -0.3 is 4.90 Å². The lowest BCUT2D eigenvalue weighted by Crippen LogP contribution is -2.40. The van der Waals surface area contributed by atoms with Crippen molar-refractivity contribution in [1.82, 2.24) is 24.9 Å². The summed E-state index contributed by atoms with van der Waals surface area (Å²) in [5.41, 5.74) is 2.81. The van der Waals surface area contributed by atoms with Crippen molar-refractivity contribution in [3.8, 4) is 0 Å². The van der Waals surface area contributed by atoms with Gasteiger partial charge in [-0.3, -0.25) is 14.6 Å². The van der Waals surface area contributed by atoms with Crippen molar-refractivity contribution in [3.63, 3.8) is 0 Å². The van der Waals surface area contributed by atoms with Gasteiger partial charge in [-0.05, 0) is 37.8 Å². The number of aromatic nitrogens is 4. The number of likely N-dealkylation sites (tertiary alicyclic amines) is 1. The molecule has 1 fully saturated rings. The number of aromatic amines is 1. The van der Waals surface area contributed by atoms with Gasteiger partial charge >= 0.3 is 0 Å². The number of carbonyl (C=O) groups is 1. The Balaban J connectivity index is 1.79. The molecule has 2 aromatic rings. The topological polar surface area (TPSA) is 66.8 Å². The van der Waals surface area contributed by atoms with E-state index in [4.69, 9.17) is 0 Å². The summed E-state index contributed by atoms with van der Waals surface area (Å²) in [6.07, 6.45) is 3.89. The van der Waals surface area contributed by atoms with Crippen molar-refractivity contribution in [2.75, 3.05) is 13.1 Å². The van der Waals surface area contributed by atoms with Crippen LogP contribution in [-0.4, -0.2) is 43.9 Å². The number of hydrogen-bond acceptors (Lipinski definition) is 3. The number of aryl methyl sites for hydroxylation is 1. The Morgan fingerprint density at radius 1 is 1.48 bits per heavy atom. The van der Waals surface area contributed by atoms with Gasteiger partial charge in [0.2, 0.25) is 0 Å². The normalized spacial score (nSPS) is 18.6. The van der Waals surface area contributed by atoms with E-state index in [9.17, 15) is 4.79 Å². The summed E-state index contributed by atoms with van der Waals surface area (Å²) in [6.45, 7) is 8.50. The average Bonchev–Trinajstić information content (AvgIpc) is 3.23. The van der Waals surface area contributed by atoms with Crippen LogP contribution in [0.25, 0.3) is 0 Å². The van der Waals surface area contributed by atoms with Crippen LogP contribution in [0.3, 0.4) is 0 Å². The molecule has 0 bridgehead atoms. The molecule has 0 aliphatic carbocycles. The molecule has 6 heteroatoms. The minimum atomic E-state index is 0.0930. The predicted molar refractivity (Wildman–Crippen MR) is 88.5 cm³/mol. The highest BCUT2D eigenvalue weighted by atomic mass is 16.2. The van der Waals surface area contributed by atoms with Crippen LogP contribution in [0.4, 0.5) is 0 Å². The first-order valence-electron chi connectivity index (χ1n) is 8.46. The minimum Gasteiger partial charge on any atom is -0.337 e. The number of nitrogens with zero attached hydrogens (tertiary/aromatic N) is 4. The summed E-state index contributed by atoms with van der Waals surface area (Å²) in [5, 5.41) is 11.6. The highest BCUT2D eigenvalue weighted by molar-refractivity contribution is 5.92. The smallest absolute Gasteiger partial charge is 0.272 e. The average molecular weight is 315 g/mol. The molecule has 0 unspecified atom stereocenters. The van der Waals surface area contributed by atoms with Crippen molar-refractivity contribution in [1.29, 1.82) is 0 Å². The Morgan fingerprint density at radius 2 is 2.30 bits per heavy atom. The first-order chi connectivity index (χ1) is 11.1. The molecule has 0 radical (unpaired) electrons. The van der Waals surface area contributed by atoms with Crippen LogP contribution in [0.2, 0.25) is 0 Å². The molecule has 1 atom stereocenters. The van der Waals surface area contributed by atoms with Gasteiger partial charge in [0.05, 0.1) is 5.69 Å². The van der Waals surface area contributed by atoms with E-state index >= 15 is 0 Å². The van der Waals surface area contributed by atoms with E-state index in [0.717, 1.165) is 37.3 Å². The van der Waals surface area contributed by atoms with Crippen molar-refractivity contribution in [2.45, 2.75) is 52.0 Å². The fourth-order valence-corrected chi connectivity index (χ4v) is 3.20. The summed E-state index contributed by atoms with van der Waals surface area (Å²) in [5.74, 6) is 0.765. The molecular formula is C17H25N5O. The summed E-state index contributed by atoms with van der Waals surface area (Å²) in [7, 11) is 0. The Bertz CT molecular complexity index is 659. The number of H-pyrrole nitrogens is 1. The second kappa shape index (κ2) is 6.56. The van der Waals surface area contributed by atoms with Gasteiger partial charge in [0.25, 0.3) is 5.91 Å². The number of rotatable bonds is 4.